The van der Waals surface area contributed by atoms with Gasteiger partial charge in [-0.05, 0) is 42.0 Å². The minimum Gasteiger partial charge on any atom is -0.493 e. The van der Waals surface area contributed by atoms with Gasteiger partial charge in [0, 0.05) is 10.9 Å². The summed E-state index contributed by atoms with van der Waals surface area (Å²) < 4.78 is 24.6. The normalized spacial score (nSPS) is 11.5. The largest absolute Gasteiger partial charge is 0.493 e. The number of nitrogens with one attached hydrogen (secondary N) is 2. The van der Waals surface area contributed by atoms with E-state index in [1.807, 2.05) is 0 Å². The van der Waals surface area contributed by atoms with Crippen molar-refractivity contribution < 1.29 is 13.9 Å². The predicted molar refractivity (Wildman–Crippen MR) is 103 cm³/mol. The molecule has 0 amide bonds. The lowest BCUT2D eigenvalue weighted by atomic mass is 10.2. The Morgan fingerprint density at radius 2 is 1.79 bits per heavy atom. The molecular weight excluding hydrogens is 367 g/mol. The van der Waals surface area contributed by atoms with Crippen molar-refractivity contribution in [2.24, 2.45) is 5.10 Å². The maximum absolute atomic E-state index is 13.5. The van der Waals surface area contributed by atoms with E-state index in [0.29, 0.717) is 32.6 Å². The smallest absolute Gasteiger partial charge is 0.350 e. The fourth-order valence-corrected chi connectivity index (χ4v) is 2.97. The van der Waals surface area contributed by atoms with Crippen molar-refractivity contribution in [1.82, 2.24) is 14.6 Å². The van der Waals surface area contributed by atoms with Gasteiger partial charge < -0.3 is 19.4 Å². The summed E-state index contributed by atoms with van der Waals surface area (Å²) >= 11 is 0. The number of hydrogen-bond donors (Lipinski definition) is 2. The number of ether oxygens (including phenoxy) is 2. The number of halogens is 1. The fraction of sp³-hybridized carbons (Fsp3) is 0.105. The van der Waals surface area contributed by atoms with Crippen LogP contribution in [0.4, 0.5) is 4.39 Å². The molecule has 0 spiro atoms. The monoisotopic (exact) mass is 382 g/mol. The number of H-pyrrole nitrogens is 2. The quantitative estimate of drug-likeness (QED) is 0.529. The molecule has 142 valence electrons. The molecule has 2 N–H and O–H groups in total. The van der Waals surface area contributed by atoms with Gasteiger partial charge in [-0.2, -0.15) is 5.10 Å². The number of fused-ring (bicyclic) bond motifs is 3. The first-order chi connectivity index (χ1) is 13.5. The number of aromatic amines is 2. The third kappa shape index (κ3) is 2.82. The van der Waals surface area contributed by atoms with Gasteiger partial charge in [-0.3, -0.25) is 4.79 Å². The van der Waals surface area contributed by atoms with Gasteiger partial charge in [0.05, 0.1) is 26.0 Å². The Bertz CT molecular complexity index is 1350. The minimum atomic E-state index is -0.737. The summed E-state index contributed by atoms with van der Waals surface area (Å²) in [4.78, 5) is 30.5. The predicted octanol–water partition coefficient (Wildman–Crippen LogP) is 2.21. The second-order valence-corrected chi connectivity index (χ2v) is 5.97. The molecule has 2 heterocycles. The average Bonchev–Trinajstić information content (AvgIpc) is 3.05. The number of aromatic nitrogens is 3. The molecule has 2 aromatic heterocycles. The van der Waals surface area contributed by atoms with Crippen molar-refractivity contribution >= 4 is 28.2 Å². The van der Waals surface area contributed by atoms with Gasteiger partial charge in [0.1, 0.15) is 11.3 Å². The molecule has 4 aromatic rings. The maximum Gasteiger partial charge on any atom is 0.350 e. The molecule has 9 heteroatoms. The van der Waals surface area contributed by atoms with Crippen molar-refractivity contribution in [3.63, 3.8) is 0 Å². The lowest BCUT2D eigenvalue weighted by molar-refractivity contribution is 0.355. The second kappa shape index (κ2) is 6.69. The summed E-state index contributed by atoms with van der Waals surface area (Å²) in [5.41, 5.74) is 0.117. The van der Waals surface area contributed by atoms with Crippen molar-refractivity contribution in [3.05, 3.63) is 68.6 Å². The first-order valence-electron chi connectivity index (χ1n) is 8.24. The van der Waals surface area contributed by atoms with E-state index in [1.165, 1.54) is 38.6 Å². The molecule has 4 rings (SSSR count). The van der Waals surface area contributed by atoms with Crippen LogP contribution in [-0.2, 0) is 0 Å². The molecule has 0 aliphatic rings. The van der Waals surface area contributed by atoms with Gasteiger partial charge in [0.25, 0.3) is 0 Å². The third-order valence-corrected chi connectivity index (χ3v) is 4.32. The summed E-state index contributed by atoms with van der Waals surface area (Å²) in [5, 5.41) is 4.41. The van der Waals surface area contributed by atoms with Crippen LogP contribution in [0, 0.1) is 5.82 Å². The van der Waals surface area contributed by atoms with Gasteiger partial charge in [-0.25, -0.2) is 9.18 Å². The zero-order valence-corrected chi connectivity index (χ0v) is 14.9. The van der Waals surface area contributed by atoms with Crippen LogP contribution in [0.1, 0.15) is 5.56 Å². The van der Waals surface area contributed by atoms with E-state index in [4.69, 9.17) is 9.47 Å². The van der Waals surface area contributed by atoms with Gasteiger partial charge in [-0.1, -0.05) is 0 Å². The Hall–Kier alpha value is -3.88. The van der Waals surface area contributed by atoms with E-state index in [9.17, 15) is 14.0 Å². The highest BCUT2D eigenvalue weighted by molar-refractivity contribution is 6.04. The van der Waals surface area contributed by atoms with Crippen LogP contribution in [-0.4, -0.2) is 35.1 Å². The highest BCUT2D eigenvalue weighted by Gasteiger charge is 2.13. The van der Waals surface area contributed by atoms with Crippen molar-refractivity contribution in [2.45, 2.75) is 0 Å². The van der Waals surface area contributed by atoms with Crippen LogP contribution in [0.5, 0.6) is 11.5 Å². The molecule has 0 aliphatic carbocycles. The molecule has 8 nitrogen and oxygen atoms in total. The number of nitrogens with zero attached hydrogens (tertiary/aromatic N) is 2. The Morgan fingerprint density at radius 3 is 2.54 bits per heavy atom. The van der Waals surface area contributed by atoms with Gasteiger partial charge in [0.15, 0.2) is 11.5 Å². The first-order valence-corrected chi connectivity index (χ1v) is 8.24. The number of rotatable bonds is 4. The summed E-state index contributed by atoms with van der Waals surface area (Å²) in [6, 6.07) is 9.06. The standard InChI is InChI=1S/C19H15FN4O4/c1-27-14-6-3-10(7-15(14)28-2)9-21-24-18(25)17-16(23-19(24)26)12-8-11(20)4-5-13(12)22-17/h3-9,22H,1-2H3,(H,23,26). The Morgan fingerprint density at radius 1 is 1.00 bits per heavy atom. The fourth-order valence-electron chi connectivity index (χ4n) is 2.97. The topological polar surface area (TPSA) is 101 Å². The SMILES string of the molecule is COc1ccc(C=Nn2c(=O)[nH]c3c([nH]c4ccc(F)cc43)c2=O)cc1OC. The van der Waals surface area contributed by atoms with Crippen LogP contribution in [0.25, 0.3) is 21.9 Å². The third-order valence-electron chi connectivity index (χ3n) is 4.32. The zero-order valence-electron chi connectivity index (χ0n) is 14.9. The molecular formula is C19H15FN4O4. The van der Waals surface area contributed by atoms with Gasteiger partial charge >= 0.3 is 11.2 Å². The van der Waals surface area contributed by atoms with Crippen molar-refractivity contribution in [1.29, 1.82) is 0 Å². The lowest BCUT2D eigenvalue weighted by Gasteiger charge is -2.07. The second-order valence-electron chi connectivity index (χ2n) is 5.97. The van der Waals surface area contributed by atoms with E-state index in [-0.39, 0.29) is 11.0 Å². The molecule has 0 saturated heterocycles. The van der Waals surface area contributed by atoms with Crippen LogP contribution in [0.2, 0.25) is 0 Å². The Kier molecular flexibility index (Phi) is 4.19. The number of benzene rings is 2. The van der Waals surface area contributed by atoms with E-state index in [0.717, 1.165) is 0 Å². The first kappa shape index (κ1) is 17.5. The van der Waals surface area contributed by atoms with E-state index >= 15 is 0 Å². The van der Waals surface area contributed by atoms with Crippen LogP contribution < -0.4 is 20.7 Å². The van der Waals surface area contributed by atoms with Gasteiger partial charge in [-0.15, -0.1) is 4.68 Å². The molecule has 0 unspecified atom stereocenters. The molecule has 0 aliphatic heterocycles. The Labute approximate surface area is 156 Å². The highest BCUT2D eigenvalue weighted by Crippen LogP contribution is 2.27. The molecule has 0 radical (unpaired) electrons. The van der Waals surface area contributed by atoms with Crippen molar-refractivity contribution in [3.8, 4) is 11.5 Å². The Balaban J connectivity index is 1.83. The van der Waals surface area contributed by atoms with E-state index in [2.05, 4.69) is 15.1 Å². The van der Waals surface area contributed by atoms with Crippen molar-refractivity contribution in [2.75, 3.05) is 14.2 Å². The maximum atomic E-state index is 13.5. The number of methoxy groups -OCH3 is 2. The molecule has 0 bridgehead atoms. The van der Waals surface area contributed by atoms with E-state index < -0.39 is 17.1 Å². The highest BCUT2D eigenvalue weighted by atomic mass is 19.1. The molecule has 2 aromatic carbocycles. The molecule has 0 fully saturated rings. The molecule has 0 saturated carbocycles. The lowest BCUT2D eigenvalue weighted by Crippen LogP contribution is -2.32. The van der Waals surface area contributed by atoms with Gasteiger partial charge in [0.2, 0.25) is 0 Å². The summed E-state index contributed by atoms with van der Waals surface area (Å²) in [6.45, 7) is 0. The van der Waals surface area contributed by atoms with Crippen LogP contribution in [0.3, 0.4) is 0 Å². The molecule has 0 atom stereocenters. The molecule has 28 heavy (non-hydrogen) atoms. The van der Waals surface area contributed by atoms with Crippen LogP contribution in [0.15, 0.2) is 51.1 Å². The zero-order chi connectivity index (χ0) is 19.8. The minimum absolute atomic E-state index is 0.129. The number of hydrogen-bond acceptors (Lipinski definition) is 5. The summed E-state index contributed by atoms with van der Waals surface area (Å²) in [6.07, 6.45) is 1.35. The van der Waals surface area contributed by atoms with E-state index in [1.54, 1.807) is 18.2 Å². The van der Waals surface area contributed by atoms with Crippen LogP contribution >= 0.6 is 0 Å². The summed E-state index contributed by atoms with van der Waals surface area (Å²) in [5.74, 6) is 0.562. The summed E-state index contributed by atoms with van der Waals surface area (Å²) in [7, 11) is 3.02. The average molecular weight is 382 g/mol.